The Morgan fingerprint density at radius 3 is 2.83 bits per heavy atom. The molecular weight excluding hydrogens is 326 g/mol. The fraction of sp³-hybridized carbons (Fsp3) is 0.222. The van der Waals surface area contributed by atoms with Gasteiger partial charge in [0.25, 0.3) is 5.91 Å². The largest absolute Gasteiger partial charge is 0.467 e. The molecule has 1 aliphatic rings. The predicted molar refractivity (Wildman–Crippen MR) is 90.6 cm³/mol. The van der Waals surface area contributed by atoms with Gasteiger partial charge in [-0.25, -0.2) is 0 Å². The normalized spacial score (nSPS) is 13.9. The first kappa shape index (κ1) is 15.0. The van der Waals surface area contributed by atoms with E-state index in [1.54, 1.807) is 18.4 Å². The van der Waals surface area contributed by atoms with Gasteiger partial charge in [0.1, 0.15) is 11.5 Å². The van der Waals surface area contributed by atoms with Crippen molar-refractivity contribution in [1.82, 2.24) is 15.1 Å². The lowest BCUT2D eigenvalue weighted by molar-refractivity contribution is 0.0711. The Kier molecular flexibility index (Phi) is 3.86. The Morgan fingerprint density at radius 1 is 1.29 bits per heavy atom. The third-order valence-electron chi connectivity index (χ3n) is 4.11. The molecule has 4 rings (SSSR count). The molecule has 0 unspecified atom stereocenters. The van der Waals surface area contributed by atoms with Crippen LogP contribution in [0.3, 0.4) is 0 Å². The van der Waals surface area contributed by atoms with Gasteiger partial charge in [-0.05, 0) is 37.1 Å². The molecule has 122 valence electrons. The van der Waals surface area contributed by atoms with Gasteiger partial charge < -0.3 is 9.32 Å². The lowest BCUT2D eigenvalue weighted by Crippen LogP contribution is -2.32. The van der Waals surface area contributed by atoms with Crippen LogP contribution in [0.5, 0.6) is 0 Å². The lowest BCUT2D eigenvalue weighted by Gasteiger charge is -2.20. The Hall–Kier alpha value is -2.53. The van der Waals surface area contributed by atoms with Gasteiger partial charge in [-0.1, -0.05) is 29.8 Å². The van der Waals surface area contributed by atoms with Gasteiger partial charge in [0.15, 0.2) is 0 Å². The fourth-order valence-corrected chi connectivity index (χ4v) is 2.95. The number of nitrogens with one attached hydrogen (secondary N) is 1. The number of rotatable bonds is 5. The van der Waals surface area contributed by atoms with Gasteiger partial charge in [0, 0.05) is 11.6 Å². The van der Waals surface area contributed by atoms with Gasteiger partial charge in [-0.2, -0.15) is 5.10 Å². The smallest absolute Gasteiger partial charge is 0.272 e. The van der Waals surface area contributed by atoms with E-state index in [1.165, 1.54) is 0 Å². The molecule has 24 heavy (non-hydrogen) atoms. The maximum atomic E-state index is 12.9. The highest BCUT2D eigenvalue weighted by atomic mass is 35.5. The standard InChI is InChI=1S/C18H16ClN3O2/c19-15-6-2-1-5-14(15)16-10-17(21-20-16)18(23)22(12-7-8-12)11-13-4-3-9-24-13/h1-6,9-10,12H,7-8,11H2,(H,20,21). The van der Waals surface area contributed by atoms with E-state index in [4.69, 9.17) is 16.0 Å². The van der Waals surface area contributed by atoms with Crippen molar-refractivity contribution in [2.24, 2.45) is 0 Å². The van der Waals surface area contributed by atoms with E-state index < -0.39 is 0 Å². The average molecular weight is 342 g/mol. The third kappa shape index (κ3) is 2.95. The van der Waals surface area contributed by atoms with Crippen molar-refractivity contribution in [3.8, 4) is 11.3 Å². The predicted octanol–water partition coefficient (Wildman–Crippen LogP) is 4.13. The van der Waals surface area contributed by atoms with Crippen molar-refractivity contribution in [2.75, 3.05) is 0 Å². The first-order valence-corrected chi connectivity index (χ1v) is 8.24. The first-order chi connectivity index (χ1) is 11.7. The number of H-pyrrole nitrogens is 1. The van der Waals surface area contributed by atoms with Crippen LogP contribution in [0.25, 0.3) is 11.3 Å². The summed E-state index contributed by atoms with van der Waals surface area (Å²) < 4.78 is 5.38. The molecule has 1 aromatic carbocycles. The Labute approximate surface area is 144 Å². The summed E-state index contributed by atoms with van der Waals surface area (Å²) in [6.45, 7) is 0.469. The average Bonchev–Trinajstić information content (AvgIpc) is 3.10. The SMILES string of the molecule is O=C(c1cc(-c2ccccc2Cl)n[nH]1)N(Cc1ccco1)C1CC1. The Bertz CT molecular complexity index is 853. The summed E-state index contributed by atoms with van der Waals surface area (Å²) in [5, 5.41) is 7.70. The molecule has 6 heteroatoms. The van der Waals surface area contributed by atoms with Gasteiger partial charge in [0.2, 0.25) is 0 Å². The van der Waals surface area contributed by atoms with Crippen LogP contribution in [0.15, 0.2) is 53.1 Å². The molecule has 1 aliphatic carbocycles. The number of benzene rings is 1. The van der Waals surface area contributed by atoms with Gasteiger partial charge >= 0.3 is 0 Å². The summed E-state index contributed by atoms with van der Waals surface area (Å²) in [5.41, 5.74) is 1.93. The third-order valence-corrected chi connectivity index (χ3v) is 4.44. The van der Waals surface area contributed by atoms with E-state index in [1.807, 2.05) is 35.2 Å². The summed E-state index contributed by atoms with van der Waals surface area (Å²) in [6.07, 6.45) is 3.67. The highest BCUT2D eigenvalue weighted by Crippen LogP contribution is 2.31. The summed E-state index contributed by atoms with van der Waals surface area (Å²) >= 11 is 6.20. The molecule has 5 nitrogen and oxygen atoms in total. The zero-order chi connectivity index (χ0) is 16.5. The van der Waals surface area contributed by atoms with Crippen LogP contribution in [0.4, 0.5) is 0 Å². The Balaban J connectivity index is 1.58. The topological polar surface area (TPSA) is 62.1 Å². The second-order valence-corrected chi connectivity index (χ2v) is 6.30. The van der Waals surface area contributed by atoms with Crippen LogP contribution < -0.4 is 0 Å². The number of carbonyl (C=O) groups excluding carboxylic acids is 1. The molecular formula is C18H16ClN3O2. The van der Waals surface area contributed by atoms with Crippen LogP contribution >= 0.6 is 11.6 Å². The molecule has 0 spiro atoms. The molecule has 0 saturated heterocycles. The van der Waals surface area contributed by atoms with Crippen molar-refractivity contribution < 1.29 is 9.21 Å². The van der Waals surface area contributed by atoms with Crippen molar-refractivity contribution >= 4 is 17.5 Å². The molecule has 2 heterocycles. The van der Waals surface area contributed by atoms with Crippen molar-refractivity contribution in [3.63, 3.8) is 0 Å². The molecule has 1 fully saturated rings. The number of aromatic nitrogens is 2. The van der Waals surface area contributed by atoms with Crippen LogP contribution in [-0.4, -0.2) is 27.0 Å². The second kappa shape index (κ2) is 6.17. The van der Waals surface area contributed by atoms with Gasteiger partial charge in [0.05, 0.1) is 23.5 Å². The van der Waals surface area contributed by atoms with E-state index in [-0.39, 0.29) is 11.9 Å². The van der Waals surface area contributed by atoms with Crippen LogP contribution in [0.2, 0.25) is 5.02 Å². The van der Waals surface area contributed by atoms with Gasteiger partial charge in [-0.15, -0.1) is 0 Å². The molecule has 1 amide bonds. The highest BCUT2D eigenvalue weighted by molar-refractivity contribution is 6.33. The maximum absolute atomic E-state index is 12.9. The summed E-state index contributed by atoms with van der Waals surface area (Å²) in [4.78, 5) is 14.7. The number of aromatic amines is 1. The minimum Gasteiger partial charge on any atom is -0.467 e. The highest BCUT2D eigenvalue weighted by Gasteiger charge is 2.34. The van der Waals surface area contributed by atoms with Crippen molar-refractivity contribution in [1.29, 1.82) is 0 Å². The molecule has 1 N–H and O–H groups in total. The molecule has 0 atom stereocenters. The maximum Gasteiger partial charge on any atom is 0.272 e. The number of nitrogens with zero attached hydrogens (tertiary/aromatic N) is 2. The lowest BCUT2D eigenvalue weighted by atomic mass is 10.1. The van der Waals surface area contributed by atoms with Crippen LogP contribution in [0.1, 0.15) is 29.1 Å². The summed E-state index contributed by atoms with van der Waals surface area (Å²) in [7, 11) is 0. The Morgan fingerprint density at radius 2 is 2.12 bits per heavy atom. The molecule has 0 bridgehead atoms. The molecule has 0 aliphatic heterocycles. The van der Waals surface area contributed by atoms with Crippen molar-refractivity contribution in [3.05, 3.63) is 65.2 Å². The van der Waals surface area contributed by atoms with E-state index in [9.17, 15) is 4.79 Å². The number of hydrogen-bond acceptors (Lipinski definition) is 3. The number of hydrogen-bond donors (Lipinski definition) is 1. The van der Waals surface area contributed by atoms with E-state index in [2.05, 4.69) is 10.2 Å². The number of furan rings is 1. The fourth-order valence-electron chi connectivity index (χ4n) is 2.72. The van der Waals surface area contributed by atoms with E-state index >= 15 is 0 Å². The van der Waals surface area contributed by atoms with E-state index in [0.717, 1.165) is 24.2 Å². The zero-order valence-electron chi connectivity index (χ0n) is 12.9. The summed E-state index contributed by atoms with van der Waals surface area (Å²) in [5.74, 6) is 0.709. The zero-order valence-corrected chi connectivity index (χ0v) is 13.7. The molecule has 2 aromatic heterocycles. The number of amides is 1. The minimum absolute atomic E-state index is 0.0697. The van der Waals surface area contributed by atoms with Crippen LogP contribution in [0, 0.1) is 0 Å². The van der Waals surface area contributed by atoms with Crippen LogP contribution in [-0.2, 0) is 6.54 Å². The second-order valence-electron chi connectivity index (χ2n) is 5.89. The number of halogens is 1. The number of carbonyl (C=O) groups is 1. The van der Waals surface area contributed by atoms with E-state index in [0.29, 0.717) is 23.0 Å². The molecule has 1 saturated carbocycles. The first-order valence-electron chi connectivity index (χ1n) is 7.86. The molecule has 0 radical (unpaired) electrons. The quantitative estimate of drug-likeness (QED) is 0.759. The monoisotopic (exact) mass is 341 g/mol. The summed E-state index contributed by atoms with van der Waals surface area (Å²) in [6, 6.07) is 13.2. The molecule has 3 aromatic rings. The minimum atomic E-state index is -0.0697. The van der Waals surface area contributed by atoms with Gasteiger partial charge in [-0.3, -0.25) is 9.89 Å². The van der Waals surface area contributed by atoms with Crippen molar-refractivity contribution in [2.45, 2.75) is 25.4 Å².